The Morgan fingerprint density at radius 2 is 2.12 bits per heavy atom. The van der Waals surface area contributed by atoms with Crippen molar-refractivity contribution >= 4 is 11.6 Å². The van der Waals surface area contributed by atoms with Crippen molar-refractivity contribution in [3.63, 3.8) is 0 Å². The number of benzene rings is 1. The molecule has 1 aliphatic heterocycles. The van der Waals surface area contributed by atoms with E-state index in [2.05, 4.69) is 13.8 Å². The smallest absolute Gasteiger partial charge is 0.127 e. The van der Waals surface area contributed by atoms with Crippen molar-refractivity contribution in [2.45, 2.75) is 38.6 Å². The zero-order valence-electron chi connectivity index (χ0n) is 10.0. The lowest BCUT2D eigenvalue weighted by atomic mass is 9.84. The molecule has 1 unspecified atom stereocenters. The van der Waals surface area contributed by atoms with Crippen LogP contribution in [0.15, 0.2) is 12.1 Å². The lowest BCUT2D eigenvalue weighted by Crippen LogP contribution is -2.38. The fraction of sp³-hybridized carbons (Fsp3) is 0.538. The van der Waals surface area contributed by atoms with Crippen LogP contribution in [0.2, 0.25) is 5.02 Å². The maximum atomic E-state index is 6.29. The van der Waals surface area contributed by atoms with E-state index in [-0.39, 0.29) is 5.54 Å². The average Bonchev–Trinajstić information content (AvgIpc) is 2.17. The third-order valence-corrected chi connectivity index (χ3v) is 3.41. The minimum Gasteiger partial charge on any atom is -0.493 e. The molecule has 0 aromatic heterocycles. The lowest BCUT2D eigenvalue weighted by Gasteiger charge is -2.34. The SMILES string of the molecule is CC(C)c1cc(Cl)cc2c1OCCC2(C)N. The summed E-state index contributed by atoms with van der Waals surface area (Å²) in [6.07, 6.45) is 0.831. The Bertz CT molecular complexity index is 413. The van der Waals surface area contributed by atoms with E-state index in [9.17, 15) is 0 Å². The summed E-state index contributed by atoms with van der Waals surface area (Å²) in [5.41, 5.74) is 8.15. The molecule has 0 saturated heterocycles. The molecule has 0 radical (unpaired) electrons. The summed E-state index contributed by atoms with van der Waals surface area (Å²) in [4.78, 5) is 0. The summed E-state index contributed by atoms with van der Waals surface area (Å²) < 4.78 is 5.77. The summed E-state index contributed by atoms with van der Waals surface area (Å²) in [6.45, 7) is 6.99. The molecule has 0 spiro atoms. The molecule has 1 aromatic rings. The minimum atomic E-state index is -0.331. The van der Waals surface area contributed by atoms with Gasteiger partial charge in [0.1, 0.15) is 5.75 Å². The van der Waals surface area contributed by atoms with Crippen LogP contribution in [0.4, 0.5) is 0 Å². The van der Waals surface area contributed by atoms with Gasteiger partial charge in [0.25, 0.3) is 0 Å². The van der Waals surface area contributed by atoms with Gasteiger partial charge in [0.15, 0.2) is 0 Å². The van der Waals surface area contributed by atoms with Crippen LogP contribution < -0.4 is 10.5 Å². The van der Waals surface area contributed by atoms with Gasteiger partial charge in [0, 0.05) is 22.5 Å². The quantitative estimate of drug-likeness (QED) is 0.815. The molecule has 0 amide bonds. The summed E-state index contributed by atoms with van der Waals surface area (Å²) >= 11 is 6.14. The topological polar surface area (TPSA) is 35.2 Å². The summed E-state index contributed by atoms with van der Waals surface area (Å²) in [7, 11) is 0. The fourth-order valence-electron chi connectivity index (χ4n) is 2.13. The van der Waals surface area contributed by atoms with E-state index in [4.69, 9.17) is 22.1 Å². The molecule has 1 aromatic carbocycles. The highest BCUT2D eigenvalue weighted by atomic mass is 35.5. The monoisotopic (exact) mass is 239 g/mol. The standard InChI is InChI=1S/C13H18ClNO/c1-8(2)10-6-9(14)7-11-12(10)16-5-4-13(11,3)15/h6-8H,4-5,15H2,1-3H3. The van der Waals surface area contributed by atoms with E-state index in [1.165, 1.54) is 0 Å². The van der Waals surface area contributed by atoms with Crippen LogP contribution in [0.25, 0.3) is 0 Å². The molecule has 2 N–H and O–H groups in total. The number of halogens is 1. The molecule has 0 fully saturated rings. The summed E-state index contributed by atoms with van der Waals surface area (Å²) in [5.74, 6) is 1.33. The zero-order valence-corrected chi connectivity index (χ0v) is 10.8. The number of ether oxygens (including phenoxy) is 1. The highest BCUT2D eigenvalue weighted by molar-refractivity contribution is 6.30. The van der Waals surface area contributed by atoms with Gasteiger partial charge < -0.3 is 10.5 Å². The minimum absolute atomic E-state index is 0.331. The predicted octanol–water partition coefficient (Wildman–Crippen LogP) is 3.42. The molecule has 0 aliphatic carbocycles. The molecule has 88 valence electrons. The van der Waals surface area contributed by atoms with E-state index in [1.54, 1.807) is 0 Å². The van der Waals surface area contributed by atoms with Crippen molar-refractivity contribution in [1.29, 1.82) is 0 Å². The molecule has 16 heavy (non-hydrogen) atoms. The number of rotatable bonds is 1. The first-order valence-corrected chi connectivity index (χ1v) is 6.05. The largest absolute Gasteiger partial charge is 0.493 e. The summed E-state index contributed by atoms with van der Waals surface area (Å²) in [5, 5.41) is 0.740. The normalized spacial score (nSPS) is 24.1. The molecule has 1 aliphatic rings. The van der Waals surface area contributed by atoms with Gasteiger partial charge in [-0.3, -0.25) is 0 Å². The first-order valence-electron chi connectivity index (χ1n) is 5.67. The van der Waals surface area contributed by atoms with E-state index in [0.717, 1.165) is 28.3 Å². The third kappa shape index (κ3) is 1.92. The second kappa shape index (κ2) is 3.94. The van der Waals surface area contributed by atoms with Gasteiger partial charge in [-0.2, -0.15) is 0 Å². The van der Waals surface area contributed by atoms with E-state index in [1.807, 2.05) is 19.1 Å². The molecule has 3 heteroatoms. The number of nitrogens with two attached hydrogens (primary N) is 1. The van der Waals surface area contributed by atoms with Crippen LogP contribution in [0.1, 0.15) is 44.2 Å². The Kier molecular flexibility index (Phi) is 2.89. The van der Waals surface area contributed by atoms with Gasteiger partial charge in [0.2, 0.25) is 0 Å². The molecule has 2 nitrogen and oxygen atoms in total. The Morgan fingerprint density at radius 1 is 1.44 bits per heavy atom. The molecule has 0 bridgehead atoms. The van der Waals surface area contributed by atoms with Gasteiger partial charge in [-0.15, -0.1) is 0 Å². The second-order valence-corrected chi connectivity index (χ2v) is 5.48. The first-order chi connectivity index (χ1) is 7.42. The van der Waals surface area contributed by atoms with Gasteiger partial charge in [-0.05, 0) is 30.5 Å². The van der Waals surface area contributed by atoms with Crippen molar-refractivity contribution in [2.24, 2.45) is 5.73 Å². The van der Waals surface area contributed by atoms with Crippen molar-refractivity contribution < 1.29 is 4.74 Å². The third-order valence-electron chi connectivity index (χ3n) is 3.19. The van der Waals surface area contributed by atoms with E-state index in [0.29, 0.717) is 12.5 Å². The van der Waals surface area contributed by atoms with E-state index < -0.39 is 0 Å². The van der Waals surface area contributed by atoms with Crippen LogP contribution in [-0.4, -0.2) is 6.61 Å². The molecular formula is C13H18ClNO. The molecule has 1 atom stereocenters. The van der Waals surface area contributed by atoms with Crippen LogP contribution in [-0.2, 0) is 5.54 Å². The highest BCUT2D eigenvalue weighted by Gasteiger charge is 2.31. The van der Waals surface area contributed by atoms with Gasteiger partial charge in [0.05, 0.1) is 6.61 Å². The molecular weight excluding hydrogens is 222 g/mol. The van der Waals surface area contributed by atoms with Crippen LogP contribution in [0.5, 0.6) is 5.75 Å². The Morgan fingerprint density at radius 3 is 2.75 bits per heavy atom. The molecule has 0 saturated carbocycles. The Hall–Kier alpha value is -0.730. The molecule has 1 heterocycles. The van der Waals surface area contributed by atoms with Crippen molar-refractivity contribution in [3.8, 4) is 5.75 Å². The Labute approximate surface area is 102 Å². The predicted molar refractivity (Wildman–Crippen MR) is 67.2 cm³/mol. The zero-order chi connectivity index (χ0) is 11.9. The van der Waals surface area contributed by atoms with Crippen molar-refractivity contribution in [2.75, 3.05) is 6.61 Å². The van der Waals surface area contributed by atoms with Crippen molar-refractivity contribution in [1.82, 2.24) is 0 Å². The van der Waals surface area contributed by atoms with Crippen LogP contribution >= 0.6 is 11.6 Å². The van der Waals surface area contributed by atoms with Crippen molar-refractivity contribution in [3.05, 3.63) is 28.3 Å². The van der Waals surface area contributed by atoms with E-state index >= 15 is 0 Å². The van der Waals surface area contributed by atoms with Crippen LogP contribution in [0, 0.1) is 0 Å². The highest BCUT2D eigenvalue weighted by Crippen LogP contribution is 2.41. The Balaban J connectivity index is 2.64. The average molecular weight is 240 g/mol. The number of hydrogen-bond donors (Lipinski definition) is 1. The van der Waals surface area contributed by atoms with Gasteiger partial charge in [-0.1, -0.05) is 25.4 Å². The molecule has 2 rings (SSSR count). The van der Waals surface area contributed by atoms with Gasteiger partial charge >= 0.3 is 0 Å². The number of fused-ring (bicyclic) bond motifs is 1. The first kappa shape index (κ1) is 11.7. The lowest BCUT2D eigenvalue weighted by molar-refractivity contribution is 0.224. The maximum absolute atomic E-state index is 6.29. The fourth-order valence-corrected chi connectivity index (χ4v) is 2.36. The van der Waals surface area contributed by atoms with Gasteiger partial charge in [-0.25, -0.2) is 0 Å². The summed E-state index contributed by atoms with van der Waals surface area (Å²) in [6, 6.07) is 3.91. The maximum Gasteiger partial charge on any atom is 0.127 e. The number of hydrogen-bond acceptors (Lipinski definition) is 2. The second-order valence-electron chi connectivity index (χ2n) is 5.04. The van der Waals surface area contributed by atoms with Crippen LogP contribution in [0.3, 0.4) is 0 Å².